The fourth-order valence-corrected chi connectivity index (χ4v) is 6.82. The molecule has 9 nitrogen and oxygen atoms in total. The number of hydrogen-bond donors (Lipinski definition) is 2. The van der Waals surface area contributed by atoms with Crippen LogP contribution >= 0.6 is 11.3 Å². The van der Waals surface area contributed by atoms with Crippen LogP contribution in [0.3, 0.4) is 0 Å². The zero-order valence-electron chi connectivity index (χ0n) is 22.0. The number of anilines is 2. The van der Waals surface area contributed by atoms with Crippen LogP contribution in [0.15, 0.2) is 12.4 Å². The average molecular weight is 580 g/mol. The minimum absolute atomic E-state index is 0.0392. The summed E-state index contributed by atoms with van der Waals surface area (Å²) in [6, 6.07) is 0.734. The Morgan fingerprint density at radius 1 is 1.25 bits per heavy atom. The van der Waals surface area contributed by atoms with Crippen LogP contribution in [0.1, 0.15) is 63.6 Å². The predicted molar refractivity (Wildman–Crippen MR) is 138 cm³/mol. The Kier molecular flexibility index (Phi) is 6.70. The Balaban J connectivity index is 1.25. The van der Waals surface area contributed by atoms with Gasteiger partial charge in [-0.1, -0.05) is 6.92 Å². The molecule has 14 heteroatoms. The highest BCUT2D eigenvalue weighted by atomic mass is 32.1. The van der Waals surface area contributed by atoms with Crippen LogP contribution < -0.4 is 10.6 Å². The quantitative estimate of drug-likeness (QED) is 0.364. The smallest absolute Gasteiger partial charge is 0.352 e. The summed E-state index contributed by atoms with van der Waals surface area (Å²) in [6.45, 7) is 2.71. The minimum Gasteiger partial charge on any atom is -0.352 e. The van der Waals surface area contributed by atoms with Crippen molar-refractivity contribution in [3.8, 4) is 0 Å². The van der Waals surface area contributed by atoms with Crippen LogP contribution in [-0.2, 0) is 37.3 Å². The largest absolute Gasteiger partial charge is 0.435 e. The third kappa shape index (κ3) is 5.25. The third-order valence-electron chi connectivity index (χ3n) is 8.17. The summed E-state index contributed by atoms with van der Waals surface area (Å²) in [5.74, 6) is 0.416. The van der Waals surface area contributed by atoms with E-state index >= 15 is 0 Å². The average Bonchev–Trinajstić information content (AvgIpc) is 3.59. The summed E-state index contributed by atoms with van der Waals surface area (Å²) in [5, 5.41) is 17.5. The van der Waals surface area contributed by atoms with Crippen LogP contribution in [-0.4, -0.2) is 49.0 Å². The summed E-state index contributed by atoms with van der Waals surface area (Å²) >= 11 is 1.45. The molecule has 6 rings (SSSR count). The second kappa shape index (κ2) is 9.96. The van der Waals surface area contributed by atoms with Gasteiger partial charge in [-0.05, 0) is 49.5 Å². The van der Waals surface area contributed by atoms with Crippen LogP contribution in [0.25, 0.3) is 0 Å². The maximum absolute atomic E-state index is 13.6. The van der Waals surface area contributed by atoms with Crippen molar-refractivity contribution in [1.82, 2.24) is 29.9 Å². The Hall–Kier alpha value is -3.29. The van der Waals surface area contributed by atoms with E-state index in [9.17, 15) is 27.2 Å². The number of ketones is 1. The van der Waals surface area contributed by atoms with Gasteiger partial charge in [-0.15, -0.1) is 21.5 Å². The van der Waals surface area contributed by atoms with Crippen molar-refractivity contribution in [3.63, 3.8) is 0 Å². The zero-order chi connectivity index (χ0) is 28.3. The summed E-state index contributed by atoms with van der Waals surface area (Å²) in [6.07, 6.45) is -1.01. The number of aryl methyl sites for hydroxylation is 2. The number of nitrogens with zero attached hydrogens (tertiary/aromatic N) is 5. The number of rotatable bonds is 9. The van der Waals surface area contributed by atoms with Gasteiger partial charge in [-0.3, -0.25) is 18.8 Å². The van der Waals surface area contributed by atoms with E-state index in [1.807, 2.05) is 0 Å². The topological polar surface area (TPSA) is 107 Å². The van der Waals surface area contributed by atoms with Gasteiger partial charge in [0.05, 0.1) is 11.5 Å². The van der Waals surface area contributed by atoms with E-state index in [0.29, 0.717) is 48.1 Å². The molecule has 3 heterocycles. The Bertz CT molecular complexity index is 1460. The SMILES string of the molecule is C[C@H]1C[C@H]1CNC(=O)c1c(CC(=O)[C@H]2C[C@H]2F)sc2c1C[C@@H](n1cnnc1Nc1cc(C(F)(F)F)nn1C)CC2. The highest BCUT2D eigenvalue weighted by Gasteiger charge is 2.44. The van der Waals surface area contributed by atoms with Crippen LogP contribution in [0.5, 0.6) is 0 Å². The van der Waals surface area contributed by atoms with Gasteiger partial charge in [0.1, 0.15) is 24.1 Å². The van der Waals surface area contributed by atoms with Gasteiger partial charge in [0.2, 0.25) is 5.95 Å². The zero-order valence-corrected chi connectivity index (χ0v) is 22.8. The van der Waals surface area contributed by atoms with Gasteiger partial charge in [0.25, 0.3) is 5.91 Å². The van der Waals surface area contributed by atoms with Crippen molar-refractivity contribution >= 4 is 34.8 Å². The van der Waals surface area contributed by atoms with Gasteiger partial charge in [-0.2, -0.15) is 18.3 Å². The molecule has 2 saturated carbocycles. The van der Waals surface area contributed by atoms with E-state index in [4.69, 9.17) is 0 Å². The lowest BCUT2D eigenvalue weighted by Gasteiger charge is -2.25. The molecule has 1 amide bonds. The second-order valence-electron chi connectivity index (χ2n) is 11.1. The molecule has 3 aliphatic rings. The van der Waals surface area contributed by atoms with Crippen molar-refractivity contribution in [1.29, 1.82) is 0 Å². The van der Waals surface area contributed by atoms with Gasteiger partial charge in [0.15, 0.2) is 5.69 Å². The molecule has 0 radical (unpaired) electrons. The number of nitrogens with one attached hydrogen (secondary N) is 2. The molecule has 5 atom stereocenters. The molecular formula is C26H29F4N7O2S. The highest BCUT2D eigenvalue weighted by Crippen LogP contribution is 2.42. The first-order valence-corrected chi connectivity index (χ1v) is 14.2. The fraction of sp³-hybridized carbons (Fsp3) is 0.577. The second-order valence-corrected chi connectivity index (χ2v) is 12.3. The van der Waals surface area contributed by atoms with Crippen LogP contribution in [0.2, 0.25) is 0 Å². The third-order valence-corrected chi connectivity index (χ3v) is 9.47. The molecule has 0 saturated heterocycles. The van der Waals surface area contributed by atoms with Crippen molar-refractivity contribution in [2.24, 2.45) is 24.8 Å². The summed E-state index contributed by atoms with van der Waals surface area (Å²) in [7, 11) is 1.40. The molecule has 0 spiro atoms. The fourth-order valence-electron chi connectivity index (χ4n) is 5.47. The molecule has 2 fully saturated rings. The summed E-state index contributed by atoms with van der Waals surface area (Å²) in [5.41, 5.74) is 0.344. The van der Waals surface area contributed by atoms with Gasteiger partial charge < -0.3 is 10.6 Å². The maximum atomic E-state index is 13.6. The molecule has 214 valence electrons. The highest BCUT2D eigenvalue weighted by molar-refractivity contribution is 7.12. The number of aromatic nitrogens is 5. The lowest BCUT2D eigenvalue weighted by molar-refractivity contribution is -0.141. The molecule has 0 aromatic carbocycles. The molecule has 0 unspecified atom stereocenters. The number of fused-ring (bicyclic) bond motifs is 1. The molecule has 3 aliphatic carbocycles. The number of amides is 1. The molecule has 40 heavy (non-hydrogen) atoms. The monoisotopic (exact) mass is 579 g/mol. The van der Waals surface area contributed by atoms with Gasteiger partial charge in [-0.25, -0.2) is 4.39 Å². The van der Waals surface area contributed by atoms with E-state index in [1.165, 1.54) is 24.7 Å². The van der Waals surface area contributed by atoms with Gasteiger partial charge >= 0.3 is 6.18 Å². The van der Waals surface area contributed by atoms with E-state index in [2.05, 4.69) is 32.9 Å². The summed E-state index contributed by atoms with van der Waals surface area (Å²) < 4.78 is 55.8. The number of Topliss-reactive ketones (excluding diaryl/α,β-unsaturated/α-hetero) is 1. The lowest BCUT2D eigenvalue weighted by Crippen LogP contribution is -2.29. The van der Waals surface area contributed by atoms with Crippen LogP contribution in [0, 0.1) is 17.8 Å². The normalized spacial score (nSPS) is 25.4. The Morgan fingerprint density at radius 2 is 2.00 bits per heavy atom. The number of halogens is 4. The lowest BCUT2D eigenvalue weighted by atomic mass is 9.90. The van der Waals surface area contributed by atoms with E-state index in [-0.39, 0.29) is 42.3 Å². The minimum atomic E-state index is -4.58. The molecule has 3 aromatic heterocycles. The molecule has 0 aliphatic heterocycles. The molecular weight excluding hydrogens is 550 g/mol. The van der Waals surface area contributed by atoms with E-state index in [0.717, 1.165) is 27.6 Å². The molecule has 0 bridgehead atoms. The maximum Gasteiger partial charge on any atom is 0.435 e. The number of hydrogen-bond acceptors (Lipinski definition) is 7. The number of alkyl halides is 4. The van der Waals surface area contributed by atoms with Crippen molar-refractivity contribution in [3.05, 3.63) is 39.0 Å². The number of carbonyl (C=O) groups is 2. The molecule has 3 aromatic rings. The van der Waals surface area contributed by atoms with Crippen molar-refractivity contribution in [2.45, 2.75) is 63.8 Å². The number of carbonyl (C=O) groups excluding carboxylic acids is 2. The van der Waals surface area contributed by atoms with Gasteiger partial charge in [0, 0.05) is 41.9 Å². The first-order chi connectivity index (χ1) is 19.0. The Labute approximate surface area is 231 Å². The molecule has 2 N–H and O–H groups in total. The summed E-state index contributed by atoms with van der Waals surface area (Å²) in [4.78, 5) is 27.8. The van der Waals surface area contributed by atoms with E-state index in [1.54, 1.807) is 4.57 Å². The number of thiophene rings is 1. The first kappa shape index (κ1) is 26.9. The predicted octanol–water partition coefficient (Wildman–Crippen LogP) is 4.42. The van der Waals surface area contributed by atoms with E-state index < -0.39 is 24.0 Å². The first-order valence-electron chi connectivity index (χ1n) is 13.4. The Morgan fingerprint density at radius 3 is 2.65 bits per heavy atom. The standard InChI is InChI=1S/C26H29F4N7O2S/c1-12-5-13(12)10-31-24(39)23-16-6-14(3-4-19(16)40-20(23)8-18(38)15-7-17(15)27)37-11-32-34-25(37)33-22-9-21(26(28,29)30)35-36(22)2/h9,11-15,17H,3-8,10H2,1-2H3,(H,31,39)(H,33,34)/t12-,13-,14-,15-,17+/m0/s1. The van der Waals surface area contributed by atoms with Crippen LogP contribution in [0.4, 0.5) is 29.3 Å². The van der Waals surface area contributed by atoms with Crippen molar-refractivity contribution < 1.29 is 27.2 Å². The van der Waals surface area contributed by atoms with Crippen molar-refractivity contribution in [2.75, 3.05) is 11.9 Å².